The van der Waals surface area contributed by atoms with Crippen LogP contribution >= 0.6 is 0 Å². The molecule has 0 aliphatic heterocycles. The predicted molar refractivity (Wildman–Crippen MR) is 80.9 cm³/mol. The van der Waals surface area contributed by atoms with Crippen LogP contribution in [0.15, 0.2) is 18.3 Å². The standard InChI is InChI=1S/C15H27N3O/c1-5-18(6-2)12-8-11-17-15-14(19-13(3)4)9-7-10-16-15/h7,9-10,13H,5-6,8,11-12H2,1-4H3,(H,16,17). The first-order valence-corrected chi connectivity index (χ1v) is 7.25. The molecule has 1 N–H and O–H groups in total. The van der Waals surface area contributed by atoms with Crippen LogP contribution in [0.1, 0.15) is 34.1 Å². The molecule has 4 nitrogen and oxygen atoms in total. The van der Waals surface area contributed by atoms with Crippen molar-refractivity contribution in [1.82, 2.24) is 9.88 Å². The Morgan fingerprint density at radius 3 is 2.68 bits per heavy atom. The summed E-state index contributed by atoms with van der Waals surface area (Å²) in [5.41, 5.74) is 0. The summed E-state index contributed by atoms with van der Waals surface area (Å²) in [5, 5.41) is 3.36. The van der Waals surface area contributed by atoms with E-state index in [-0.39, 0.29) is 6.10 Å². The highest BCUT2D eigenvalue weighted by molar-refractivity contribution is 5.49. The molecule has 0 fully saturated rings. The van der Waals surface area contributed by atoms with Gasteiger partial charge in [-0.2, -0.15) is 0 Å². The van der Waals surface area contributed by atoms with Crippen LogP contribution in [-0.2, 0) is 0 Å². The molecule has 0 amide bonds. The fraction of sp³-hybridized carbons (Fsp3) is 0.667. The third kappa shape index (κ3) is 5.92. The first kappa shape index (κ1) is 15.8. The Labute approximate surface area is 117 Å². The highest BCUT2D eigenvalue weighted by Gasteiger charge is 2.06. The molecule has 0 saturated carbocycles. The van der Waals surface area contributed by atoms with Crippen LogP contribution in [0.5, 0.6) is 5.75 Å². The van der Waals surface area contributed by atoms with Crippen LogP contribution < -0.4 is 10.1 Å². The van der Waals surface area contributed by atoms with Gasteiger partial charge in [0.15, 0.2) is 11.6 Å². The molecule has 19 heavy (non-hydrogen) atoms. The third-order valence-corrected chi connectivity index (χ3v) is 2.97. The molecule has 0 spiro atoms. The number of nitrogens with one attached hydrogen (secondary N) is 1. The first-order chi connectivity index (χ1) is 9.17. The van der Waals surface area contributed by atoms with Gasteiger partial charge in [0.25, 0.3) is 0 Å². The lowest BCUT2D eigenvalue weighted by atomic mass is 10.3. The van der Waals surface area contributed by atoms with Crippen molar-refractivity contribution in [1.29, 1.82) is 0 Å². The van der Waals surface area contributed by atoms with Crippen molar-refractivity contribution < 1.29 is 4.74 Å². The van der Waals surface area contributed by atoms with E-state index in [1.54, 1.807) is 6.20 Å². The van der Waals surface area contributed by atoms with E-state index >= 15 is 0 Å². The molecule has 0 radical (unpaired) electrons. The lowest BCUT2D eigenvalue weighted by Gasteiger charge is -2.18. The van der Waals surface area contributed by atoms with Crippen molar-refractivity contribution in [3.63, 3.8) is 0 Å². The average Bonchev–Trinajstić information content (AvgIpc) is 2.40. The van der Waals surface area contributed by atoms with E-state index in [9.17, 15) is 0 Å². The summed E-state index contributed by atoms with van der Waals surface area (Å²) in [6.45, 7) is 12.7. The van der Waals surface area contributed by atoms with Crippen molar-refractivity contribution in [3.8, 4) is 5.75 Å². The molecule has 1 rings (SSSR count). The van der Waals surface area contributed by atoms with E-state index in [0.29, 0.717) is 0 Å². The number of nitrogens with zero attached hydrogens (tertiary/aromatic N) is 2. The SMILES string of the molecule is CCN(CC)CCCNc1ncccc1OC(C)C. The van der Waals surface area contributed by atoms with Crippen molar-refractivity contribution in [2.75, 3.05) is 31.5 Å². The zero-order chi connectivity index (χ0) is 14.1. The Bertz CT molecular complexity index is 351. The maximum Gasteiger partial charge on any atom is 0.168 e. The van der Waals surface area contributed by atoms with Gasteiger partial charge in [0.1, 0.15) is 0 Å². The number of hydrogen-bond acceptors (Lipinski definition) is 4. The van der Waals surface area contributed by atoms with Crippen molar-refractivity contribution in [3.05, 3.63) is 18.3 Å². The minimum atomic E-state index is 0.167. The number of ether oxygens (including phenoxy) is 1. The Kier molecular flexibility index (Phi) is 7.26. The molecule has 0 aliphatic rings. The second kappa shape index (κ2) is 8.75. The second-order valence-electron chi connectivity index (χ2n) is 4.82. The van der Waals surface area contributed by atoms with E-state index in [2.05, 4.69) is 29.0 Å². The van der Waals surface area contributed by atoms with Crippen molar-refractivity contribution >= 4 is 5.82 Å². The summed E-state index contributed by atoms with van der Waals surface area (Å²) in [6, 6.07) is 3.86. The fourth-order valence-electron chi connectivity index (χ4n) is 1.92. The summed E-state index contributed by atoms with van der Waals surface area (Å²) in [7, 11) is 0. The summed E-state index contributed by atoms with van der Waals surface area (Å²) in [4.78, 5) is 6.76. The highest BCUT2D eigenvalue weighted by Crippen LogP contribution is 2.21. The molecular weight excluding hydrogens is 238 g/mol. The number of hydrogen-bond donors (Lipinski definition) is 1. The molecule has 108 valence electrons. The Morgan fingerprint density at radius 2 is 2.05 bits per heavy atom. The van der Waals surface area contributed by atoms with Crippen LogP contribution in [0, 0.1) is 0 Å². The summed E-state index contributed by atoms with van der Waals surface area (Å²) < 4.78 is 5.73. The molecular formula is C15H27N3O. The summed E-state index contributed by atoms with van der Waals surface area (Å²) in [6.07, 6.45) is 3.07. The minimum Gasteiger partial charge on any atom is -0.487 e. The normalized spacial score (nSPS) is 11.1. The average molecular weight is 265 g/mol. The lowest BCUT2D eigenvalue weighted by molar-refractivity contribution is 0.243. The molecule has 0 aliphatic carbocycles. The molecule has 1 heterocycles. The molecule has 0 saturated heterocycles. The lowest BCUT2D eigenvalue weighted by Crippen LogP contribution is -2.25. The van der Waals surface area contributed by atoms with Gasteiger partial charge in [-0.15, -0.1) is 0 Å². The molecule has 0 aromatic carbocycles. The molecule has 0 atom stereocenters. The van der Waals surface area contributed by atoms with Gasteiger partial charge >= 0.3 is 0 Å². The molecule has 1 aromatic rings. The van der Waals surface area contributed by atoms with Crippen LogP contribution in [0.4, 0.5) is 5.82 Å². The largest absolute Gasteiger partial charge is 0.487 e. The molecule has 0 bridgehead atoms. The highest BCUT2D eigenvalue weighted by atomic mass is 16.5. The Hall–Kier alpha value is -1.29. The number of pyridine rings is 1. The van der Waals surface area contributed by atoms with E-state index in [1.807, 2.05) is 26.0 Å². The number of aromatic nitrogens is 1. The van der Waals surface area contributed by atoms with E-state index in [1.165, 1.54) is 0 Å². The smallest absolute Gasteiger partial charge is 0.168 e. The third-order valence-electron chi connectivity index (χ3n) is 2.97. The number of rotatable bonds is 9. The topological polar surface area (TPSA) is 37.4 Å². The second-order valence-corrected chi connectivity index (χ2v) is 4.82. The van der Waals surface area contributed by atoms with Crippen molar-refractivity contribution in [2.45, 2.75) is 40.2 Å². The van der Waals surface area contributed by atoms with Gasteiger partial charge in [-0.05, 0) is 52.0 Å². The van der Waals surface area contributed by atoms with Gasteiger partial charge in [0.05, 0.1) is 6.10 Å². The summed E-state index contributed by atoms with van der Waals surface area (Å²) >= 11 is 0. The number of anilines is 1. The van der Waals surface area contributed by atoms with Gasteiger partial charge < -0.3 is 15.0 Å². The van der Waals surface area contributed by atoms with Crippen LogP contribution in [0.3, 0.4) is 0 Å². The monoisotopic (exact) mass is 265 g/mol. The van der Waals surface area contributed by atoms with Crippen LogP contribution in [0.25, 0.3) is 0 Å². The maximum absolute atomic E-state index is 5.73. The van der Waals surface area contributed by atoms with Gasteiger partial charge in [0.2, 0.25) is 0 Å². The van der Waals surface area contributed by atoms with Gasteiger partial charge in [-0.3, -0.25) is 0 Å². The zero-order valence-electron chi connectivity index (χ0n) is 12.6. The summed E-state index contributed by atoms with van der Waals surface area (Å²) in [5.74, 6) is 1.68. The molecule has 0 unspecified atom stereocenters. The zero-order valence-corrected chi connectivity index (χ0v) is 12.6. The van der Waals surface area contributed by atoms with Gasteiger partial charge in [-0.1, -0.05) is 13.8 Å². The first-order valence-electron chi connectivity index (χ1n) is 7.25. The minimum absolute atomic E-state index is 0.167. The molecule has 1 aromatic heterocycles. The quantitative estimate of drug-likeness (QED) is 0.696. The molecule has 4 heteroatoms. The predicted octanol–water partition coefficient (Wildman–Crippen LogP) is 3.01. The maximum atomic E-state index is 5.73. The van der Waals surface area contributed by atoms with Crippen LogP contribution in [-0.4, -0.2) is 42.2 Å². The van der Waals surface area contributed by atoms with Crippen LogP contribution in [0.2, 0.25) is 0 Å². The fourth-order valence-corrected chi connectivity index (χ4v) is 1.92. The Morgan fingerprint density at radius 1 is 1.32 bits per heavy atom. The van der Waals surface area contributed by atoms with E-state index < -0.39 is 0 Å². The van der Waals surface area contributed by atoms with Gasteiger partial charge in [-0.25, -0.2) is 4.98 Å². The Balaban J connectivity index is 2.40. The van der Waals surface area contributed by atoms with E-state index in [4.69, 9.17) is 4.74 Å². The van der Waals surface area contributed by atoms with Crippen molar-refractivity contribution in [2.24, 2.45) is 0 Å². The van der Waals surface area contributed by atoms with Gasteiger partial charge in [0, 0.05) is 12.7 Å². The van der Waals surface area contributed by atoms with E-state index in [0.717, 1.165) is 44.2 Å².